The quantitative estimate of drug-likeness (QED) is 0.910. The molecule has 0 saturated carbocycles. The van der Waals surface area contributed by atoms with Gasteiger partial charge in [-0.05, 0) is 31.6 Å². The summed E-state index contributed by atoms with van der Waals surface area (Å²) in [6.45, 7) is 1.85. The molecule has 2 aliphatic rings. The van der Waals surface area contributed by atoms with Gasteiger partial charge in [-0.1, -0.05) is 18.2 Å². The Labute approximate surface area is 122 Å². The number of carbonyl (C=O) groups is 1. The van der Waals surface area contributed by atoms with Crippen LogP contribution < -0.4 is 5.32 Å². The zero-order chi connectivity index (χ0) is 14.1. The number of thioether (sulfide) groups is 1. The summed E-state index contributed by atoms with van der Waals surface area (Å²) in [5.41, 5.74) is 0.570. The van der Waals surface area contributed by atoms with E-state index in [1.165, 1.54) is 6.07 Å². The first-order valence-electron chi connectivity index (χ1n) is 7.09. The van der Waals surface area contributed by atoms with Gasteiger partial charge < -0.3 is 4.90 Å². The van der Waals surface area contributed by atoms with Crippen LogP contribution in [-0.4, -0.2) is 34.4 Å². The van der Waals surface area contributed by atoms with Gasteiger partial charge >= 0.3 is 0 Å². The van der Waals surface area contributed by atoms with Crippen molar-refractivity contribution in [2.75, 3.05) is 11.5 Å². The van der Waals surface area contributed by atoms with Gasteiger partial charge in [0.1, 0.15) is 12.0 Å². The Kier molecular flexibility index (Phi) is 3.98. The number of nitrogens with one attached hydrogen (secondary N) is 1. The van der Waals surface area contributed by atoms with E-state index in [1.807, 2.05) is 29.7 Å². The van der Waals surface area contributed by atoms with Crippen LogP contribution in [0.2, 0.25) is 0 Å². The van der Waals surface area contributed by atoms with Gasteiger partial charge in [0.2, 0.25) is 5.91 Å². The average molecular weight is 294 g/mol. The van der Waals surface area contributed by atoms with Gasteiger partial charge in [0.05, 0.1) is 6.04 Å². The van der Waals surface area contributed by atoms with Crippen molar-refractivity contribution < 1.29 is 9.18 Å². The van der Waals surface area contributed by atoms with Crippen LogP contribution in [0.4, 0.5) is 4.39 Å². The van der Waals surface area contributed by atoms with Gasteiger partial charge in [0, 0.05) is 17.4 Å². The van der Waals surface area contributed by atoms with Gasteiger partial charge in [0.15, 0.2) is 0 Å². The first kappa shape index (κ1) is 13.9. The Bertz CT molecular complexity index is 504. The van der Waals surface area contributed by atoms with E-state index in [2.05, 4.69) is 5.32 Å². The van der Waals surface area contributed by atoms with E-state index in [0.29, 0.717) is 5.56 Å². The highest BCUT2D eigenvalue weighted by Crippen LogP contribution is 2.33. The van der Waals surface area contributed by atoms with Crippen molar-refractivity contribution in [1.82, 2.24) is 10.2 Å². The second-order valence-electron chi connectivity index (χ2n) is 5.43. The fourth-order valence-electron chi connectivity index (χ4n) is 3.01. The molecule has 0 radical (unpaired) electrons. The molecule has 3 unspecified atom stereocenters. The molecule has 5 heteroatoms. The number of nitrogens with zero attached hydrogens (tertiary/aromatic N) is 1. The van der Waals surface area contributed by atoms with Crippen LogP contribution in [0.5, 0.6) is 0 Å². The van der Waals surface area contributed by atoms with E-state index in [4.69, 9.17) is 0 Å². The molecule has 0 aliphatic carbocycles. The molecule has 1 aromatic rings. The molecule has 0 aromatic heterocycles. The molecule has 20 heavy (non-hydrogen) atoms. The second kappa shape index (κ2) is 5.74. The smallest absolute Gasteiger partial charge is 0.241 e. The third kappa shape index (κ3) is 2.44. The van der Waals surface area contributed by atoms with Crippen molar-refractivity contribution in [3.63, 3.8) is 0 Å². The largest absolute Gasteiger partial charge is 0.318 e. The summed E-state index contributed by atoms with van der Waals surface area (Å²) in [6, 6.07) is 6.69. The standard InChI is InChI=1S/C15H19FN2OS/c1-10-15(19)18(11-5-4-8-20-9-11)14(17-10)12-6-2-3-7-13(12)16/h2-3,6-7,10-11,14,17H,4-5,8-9H2,1H3. The minimum absolute atomic E-state index is 0.0887. The van der Waals surface area contributed by atoms with E-state index in [1.54, 1.807) is 12.1 Å². The van der Waals surface area contributed by atoms with Gasteiger partial charge in [-0.25, -0.2) is 4.39 Å². The second-order valence-corrected chi connectivity index (χ2v) is 6.58. The Morgan fingerprint density at radius 3 is 2.90 bits per heavy atom. The number of rotatable bonds is 2. The number of benzene rings is 1. The molecule has 1 amide bonds. The first-order chi connectivity index (χ1) is 9.68. The summed E-state index contributed by atoms with van der Waals surface area (Å²) >= 11 is 1.88. The lowest BCUT2D eigenvalue weighted by Gasteiger charge is -2.35. The molecule has 1 N–H and O–H groups in total. The molecule has 2 heterocycles. The predicted molar refractivity (Wildman–Crippen MR) is 78.9 cm³/mol. The van der Waals surface area contributed by atoms with Crippen molar-refractivity contribution in [3.05, 3.63) is 35.6 Å². The minimum atomic E-state index is -0.331. The van der Waals surface area contributed by atoms with Crippen LogP contribution in [0.1, 0.15) is 31.5 Å². The third-order valence-electron chi connectivity index (χ3n) is 4.04. The lowest BCUT2D eigenvalue weighted by Crippen LogP contribution is -2.43. The summed E-state index contributed by atoms with van der Waals surface area (Å²) in [6.07, 6.45) is 1.80. The van der Waals surface area contributed by atoms with E-state index >= 15 is 0 Å². The fraction of sp³-hybridized carbons (Fsp3) is 0.533. The van der Waals surface area contributed by atoms with Gasteiger partial charge in [0.25, 0.3) is 0 Å². The Hall–Kier alpha value is -1.07. The normalized spacial score (nSPS) is 30.8. The average Bonchev–Trinajstić information content (AvgIpc) is 2.76. The highest BCUT2D eigenvalue weighted by atomic mass is 32.2. The summed E-state index contributed by atoms with van der Waals surface area (Å²) in [4.78, 5) is 14.3. The summed E-state index contributed by atoms with van der Waals surface area (Å²) < 4.78 is 14.1. The van der Waals surface area contributed by atoms with Crippen LogP contribution in [0.25, 0.3) is 0 Å². The molecular weight excluding hydrogens is 275 g/mol. The molecule has 0 bridgehead atoms. The molecule has 3 atom stereocenters. The molecule has 2 aliphatic heterocycles. The maximum absolute atomic E-state index is 14.1. The van der Waals surface area contributed by atoms with Crippen LogP contribution >= 0.6 is 11.8 Å². The van der Waals surface area contributed by atoms with Crippen molar-refractivity contribution in [1.29, 1.82) is 0 Å². The SMILES string of the molecule is CC1NC(c2ccccc2F)N(C2CCCSC2)C1=O. The van der Waals surface area contributed by atoms with Crippen molar-refractivity contribution >= 4 is 17.7 Å². The predicted octanol–water partition coefficient (Wildman–Crippen LogP) is 2.54. The Balaban J connectivity index is 1.91. The number of halogens is 1. The molecule has 1 aromatic carbocycles. The van der Waals surface area contributed by atoms with Gasteiger partial charge in [-0.2, -0.15) is 11.8 Å². The fourth-order valence-corrected chi connectivity index (χ4v) is 4.15. The van der Waals surface area contributed by atoms with Gasteiger partial charge in [-0.15, -0.1) is 0 Å². The highest BCUT2D eigenvalue weighted by Gasteiger charge is 2.42. The molecule has 0 spiro atoms. The van der Waals surface area contributed by atoms with Crippen molar-refractivity contribution in [2.24, 2.45) is 0 Å². The Morgan fingerprint density at radius 1 is 1.40 bits per heavy atom. The van der Waals surface area contributed by atoms with Crippen LogP contribution in [0.15, 0.2) is 24.3 Å². The molecular formula is C15H19FN2OS. The van der Waals surface area contributed by atoms with Gasteiger partial charge in [-0.3, -0.25) is 10.1 Å². The van der Waals surface area contributed by atoms with Crippen LogP contribution in [0, 0.1) is 5.82 Å². The third-order valence-corrected chi connectivity index (χ3v) is 5.24. The van der Waals surface area contributed by atoms with E-state index in [0.717, 1.165) is 24.3 Å². The zero-order valence-corrected chi connectivity index (χ0v) is 12.3. The number of carbonyl (C=O) groups excluding carboxylic acids is 1. The lowest BCUT2D eigenvalue weighted by molar-refractivity contribution is -0.131. The topological polar surface area (TPSA) is 32.3 Å². The monoisotopic (exact) mass is 294 g/mol. The minimum Gasteiger partial charge on any atom is -0.318 e. The van der Waals surface area contributed by atoms with E-state index < -0.39 is 0 Å². The molecule has 3 nitrogen and oxygen atoms in total. The zero-order valence-electron chi connectivity index (χ0n) is 11.5. The molecule has 2 saturated heterocycles. The van der Waals surface area contributed by atoms with Crippen molar-refractivity contribution in [3.8, 4) is 0 Å². The van der Waals surface area contributed by atoms with E-state index in [-0.39, 0.29) is 30.0 Å². The maximum atomic E-state index is 14.1. The summed E-state index contributed by atoms with van der Waals surface area (Å²) in [7, 11) is 0. The summed E-state index contributed by atoms with van der Waals surface area (Å²) in [5.74, 6) is 1.95. The van der Waals surface area contributed by atoms with Crippen LogP contribution in [0.3, 0.4) is 0 Å². The Morgan fingerprint density at radius 2 is 2.20 bits per heavy atom. The molecule has 3 rings (SSSR count). The molecule has 108 valence electrons. The maximum Gasteiger partial charge on any atom is 0.241 e. The van der Waals surface area contributed by atoms with Crippen LogP contribution in [-0.2, 0) is 4.79 Å². The van der Waals surface area contributed by atoms with E-state index in [9.17, 15) is 9.18 Å². The first-order valence-corrected chi connectivity index (χ1v) is 8.24. The highest BCUT2D eigenvalue weighted by molar-refractivity contribution is 7.99. The van der Waals surface area contributed by atoms with Crippen molar-refractivity contribution in [2.45, 2.75) is 38.0 Å². The molecule has 2 fully saturated rings. The number of hydrogen-bond donors (Lipinski definition) is 1. The summed E-state index contributed by atoms with van der Waals surface area (Å²) in [5, 5.41) is 3.24. The number of hydrogen-bond acceptors (Lipinski definition) is 3. The lowest BCUT2D eigenvalue weighted by atomic mass is 10.1. The number of amides is 1.